The molecule has 0 unspecified atom stereocenters. The van der Waals surface area contributed by atoms with Gasteiger partial charge in [-0.15, -0.1) is 0 Å². The minimum Gasteiger partial charge on any atom is -0.0312 e. The van der Waals surface area contributed by atoms with Crippen LogP contribution in [0.25, 0.3) is 0 Å². The van der Waals surface area contributed by atoms with Crippen LogP contribution in [0, 0.1) is 143 Å². The zero-order valence-electron chi connectivity index (χ0n) is 9.65. The Balaban J connectivity index is 0.000000284. The molecule has 0 atom stereocenters. The quantitative estimate of drug-likeness (QED) is 0.623. The second kappa shape index (κ2) is 15.4. The maximum atomic E-state index is 2.00. The smallest absolute Gasteiger partial charge is 0 e. The van der Waals surface area contributed by atoms with Crippen LogP contribution in [0.2, 0.25) is 0 Å². The molecule has 0 aromatic rings. The Morgan fingerprint density at radius 3 is 0.294 bits per heavy atom. The summed E-state index contributed by atoms with van der Waals surface area (Å²) >= 11 is 0. The van der Waals surface area contributed by atoms with E-state index in [4.69, 9.17) is 0 Å². The van der Waals surface area contributed by atoms with Crippen molar-refractivity contribution < 1.29 is 40.4 Å². The summed E-state index contributed by atoms with van der Waals surface area (Å²) < 4.78 is 0. The molecule has 2 saturated carbocycles. The van der Waals surface area contributed by atoms with E-state index in [-0.39, 0.29) is 40.4 Å². The van der Waals surface area contributed by atoms with Gasteiger partial charge in [0.15, 0.2) is 0 Å². The Kier molecular flexibility index (Phi) is 16.6. The van der Waals surface area contributed by atoms with E-state index in [9.17, 15) is 0 Å². The summed E-state index contributed by atoms with van der Waals surface area (Å²) in [6.07, 6.45) is 32.0. The van der Waals surface area contributed by atoms with Gasteiger partial charge in [-0.3, -0.25) is 0 Å². The molecule has 0 aromatic carbocycles. The summed E-state index contributed by atoms with van der Waals surface area (Å²) in [6, 6.07) is 0. The van der Waals surface area contributed by atoms with Gasteiger partial charge in [-0.1, -0.05) is 0 Å². The van der Waals surface area contributed by atoms with Crippen LogP contribution in [-0.2, 0) is 0 Å². The van der Waals surface area contributed by atoms with Crippen molar-refractivity contribution in [1.29, 1.82) is 0 Å². The molecule has 0 saturated heterocycles. The van der Waals surface area contributed by atoms with Crippen molar-refractivity contribution in [2.75, 3.05) is 0 Å². The normalized spacial score (nSPS) is 22.6. The standard InChI is InChI=1S/2C8H8.Sm/c2*1-2-4-6-8-7-5-3-1;/h2*1-8H;. The minimum atomic E-state index is 0. The fraction of sp³-hybridized carbons (Fsp3) is 0. The van der Waals surface area contributed by atoms with Gasteiger partial charge in [-0.25, -0.2) is 0 Å². The van der Waals surface area contributed by atoms with Crippen LogP contribution in [0.5, 0.6) is 0 Å². The van der Waals surface area contributed by atoms with Crippen molar-refractivity contribution in [3.8, 4) is 0 Å². The maximum Gasteiger partial charge on any atom is 0 e. The second-order valence-corrected chi connectivity index (χ2v) is 3.08. The molecule has 0 spiro atoms. The van der Waals surface area contributed by atoms with E-state index in [2.05, 4.69) is 0 Å². The topological polar surface area (TPSA) is 0 Å². The summed E-state index contributed by atoms with van der Waals surface area (Å²) in [5.74, 6) is 0. The molecule has 2 rings (SSSR count). The van der Waals surface area contributed by atoms with Crippen molar-refractivity contribution >= 4 is 0 Å². The average molecular weight is 359 g/mol. The summed E-state index contributed by atoms with van der Waals surface area (Å²) in [6.45, 7) is 0. The van der Waals surface area contributed by atoms with Gasteiger partial charge in [0.1, 0.15) is 0 Å². The molecule has 16 radical (unpaired) electrons. The van der Waals surface area contributed by atoms with Crippen molar-refractivity contribution in [2.24, 2.45) is 0 Å². The van der Waals surface area contributed by atoms with Gasteiger partial charge in [-0.2, -0.15) is 0 Å². The third-order valence-electron chi connectivity index (χ3n) is 1.78. The molecule has 17 heavy (non-hydrogen) atoms. The molecule has 0 amide bonds. The molecule has 2 aliphatic rings. The monoisotopic (exact) mass is 360 g/mol. The molecule has 86 valence electrons. The Hall–Kier alpha value is 1.34. The minimum absolute atomic E-state index is 0. The Bertz CT molecular complexity index is 69.5. The molecular formula is C16H16Sm. The molecule has 1 heteroatoms. The number of rotatable bonds is 0. The predicted molar refractivity (Wildman–Crippen MR) is 68.8 cm³/mol. The summed E-state index contributed by atoms with van der Waals surface area (Å²) in [5.41, 5.74) is 0. The van der Waals surface area contributed by atoms with E-state index < -0.39 is 0 Å². The van der Waals surface area contributed by atoms with Crippen LogP contribution in [0.3, 0.4) is 0 Å². The van der Waals surface area contributed by atoms with Crippen LogP contribution >= 0.6 is 0 Å². The summed E-state index contributed by atoms with van der Waals surface area (Å²) in [5, 5.41) is 0. The van der Waals surface area contributed by atoms with Gasteiger partial charge in [0.05, 0.1) is 0 Å². The molecule has 2 fully saturated rings. The van der Waals surface area contributed by atoms with Crippen LogP contribution in [-0.4, -0.2) is 0 Å². The van der Waals surface area contributed by atoms with Crippen molar-refractivity contribution in [3.63, 3.8) is 0 Å². The van der Waals surface area contributed by atoms with Gasteiger partial charge < -0.3 is 0 Å². The van der Waals surface area contributed by atoms with Gasteiger partial charge >= 0.3 is 0 Å². The fourth-order valence-electron chi connectivity index (χ4n) is 1.03. The van der Waals surface area contributed by atoms with E-state index >= 15 is 0 Å². The Morgan fingerprint density at radius 1 is 0.176 bits per heavy atom. The first-order valence-corrected chi connectivity index (χ1v) is 5.33. The van der Waals surface area contributed by atoms with E-state index in [1.165, 1.54) is 0 Å². The van der Waals surface area contributed by atoms with Crippen molar-refractivity contribution in [3.05, 3.63) is 103 Å². The molecule has 0 N–H and O–H groups in total. The molecule has 2 aliphatic carbocycles. The van der Waals surface area contributed by atoms with Crippen molar-refractivity contribution in [1.82, 2.24) is 0 Å². The van der Waals surface area contributed by atoms with Gasteiger partial charge in [0.25, 0.3) is 0 Å². The summed E-state index contributed by atoms with van der Waals surface area (Å²) in [7, 11) is 0. The number of hydrogen-bond acceptors (Lipinski definition) is 0. The third-order valence-corrected chi connectivity index (χ3v) is 1.78. The molecule has 0 aliphatic heterocycles. The number of hydrogen-bond donors (Lipinski definition) is 0. The zero-order chi connectivity index (χ0) is 11.3. The maximum absolute atomic E-state index is 2.00. The largest absolute Gasteiger partial charge is 0.0312 e. The third kappa shape index (κ3) is 13.6. The van der Waals surface area contributed by atoms with Gasteiger partial charge in [0.2, 0.25) is 0 Å². The van der Waals surface area contributed by atoms with Gasteiger partial charge in [-0.05, 0) is 103 Å². The molecule has 0 nitrogen and oxygen atoms in total. The molecule has 0 bridgehead atoms. The van der Waals surface area contributed by atoms with Crippen molar-refractivity contribution in [2.45, 2.75) is 0 Å². The first-order valence-electron chi connectivity index (χ1n) is 5.33. The average Bonchev–Trinajstić information content (AvgIpc) is 2.15. The molecular weight excluding hydrogens is 343 g/mol. The second-order valence-electron chi connectivity index (χ2n) is 3.08. The Labute approximate surface area is 142 Å². The summed E-state index contributed by atoms with van der Waals surface area (Å²) in [4.78, 5) is 0. The first-order chi connectivity index (χ1) is 8.00. The SMILES string of the molecule is [CH]1[CH][CH][CH][CH][CH][CH][CH]1.[CH]1[CH][CH][CH][CH][CH][CH][CH]1.[Sm]. The predicted octanol–water partition coefficient (Wildman–Crippen LogP) is 3.27. The molecule has 0 heterocycles. The van der Waals surface area contributed by atoms with E-state index in [0.29, 0.717) is 0 Å². The Morgan fingerprint density at radius 2 is 0.235 bits per heavy atom. The van der Waals surface area contributed by atoms with E-state index in [1.807, 2.05) is 103 Å². The van der Waals surface area contributed by atoms with Crippen LogP contribution in [0.15, 0.2) is 0 Å². The first kappa shape index (κ1) is 18.3. The van der Waals surface area contributed by atoms with E-state index in [1.54, 1.807) is 0 Å². The molecule has 0 aromatic heterocycles. The van der Waals surface area contributed by atoms with Gasteiger partial charge in [0, 0.05) is 40.4 Å². The zero-order valence-corrected chi connectivity index (χ0v) is 12.3. The van der Waals surface area contributed by atoms with Crippen LogP contribution in [0.4, 0.5) is 0 Å². The van der Waals surface area contributed by atoms with Crippen LogP contribution < -0.4 is 0 Å². The fourth-order valence-corrected chi connectivity index (χ4v) is 1.03. The van der Waals surface area contributed by atoms with Crippen LogP contribution in [0.1, 0.15) is 0 Å². The van der Waals surface area contributed by atoms with E-state index in [0.717, 1.165) is 0 Å².